The average molecular weight is 222 g/mol. The van der Waals surface area contributed by atoms with Crippen molar-refractivity contribution < 1.29 is 9.90 Å². The average Bonchev–Trinajstić information content (AvgIpc) is 2.19. The first-order valence-corrected chi connectivity index (χ1v) is 5.22. The van der Waals surface area contributed by atoms with E-state index in [0.717, 1.165) is 0 Å². The highest BCUT2D eigenvalue weighted by Gasteiger charge is 2.28. The summed E-state index contributed by atoms with van der Waals surface area (Å²) in [5, 5.41) is 9.80. The van der Waals surface area contributed by atoms with Crippen molar-refractivity contribution in [1.29, 1.82) is 0 Å². The molecule has 88 valence electrons. The van der Waals surface area contributed by atoms with E-state index in [4.69, 9.17) is 5.73 Å². The third-order valence-electron chi connectivity index (χ3n) is 2.42. The number of Topliss-reactive ketones (excluding diaryl/α,β-unsaturated/α-hetero) is 1. The Hall–Kier alpha value is -1.42. The van der Waals surface area contributed by atoms with Crippen molar-refractivity contribution in [3.05, 3.63) is 23.9 Å². The smallest absolute Gasteiger partial charge is 0.166 e. The number of aliphatic hydroxyl groups is 1. The summed E-state index contributed by atoms with van der Waals surface area (Å²) in [4.78, 5) is 15.7. The summed E-state index contributed by atoms with van der Waals surface area (Å²) in [6, 6.07) is 3.47. The molecule has 0 saturated carbocycles. The molecule has 0 aromatic carbocycles. The number of hydrogen-bond donors (Lipinski definition) is 2. The molecule has 1 aromatic heterocycles. The number of nitrogen functional groups attached to an aromatic ring is 1. The molecule has 16 heavy (non-hydrogen) atoms. The number of nitrogens with zero attached hydrogens (tertiary/aromatic N) is 1. The van der Waals surface area contributed by atoms with Crippen molar-refractivity contribution in [3.8, 4) is 0 Å². The second kappa shape index (κ2) is 4.61. The monoisotopic (exact) mass is 222 g/mol. The van der Waals surface area contributed by atoms with Crippen LogP contribution in [0.2, 0.25) is 0 Å². The Kier molecular flexibility index (Phi) is 3.65. The molecule has 0 saturated heterocycles. The van der Waals surface area contributed by atoms with Crippen molar-refractivity contribution in [3.63, 3.8) is 0 Å². The molecule has 0 aliphatic rings. The highest BCUT2D eigenvalue weighted by atomic mass is 16.3. The van der Waals surface area contributed by atoms with E-state index in [9.17, 15) is 9.90 Å². The van der Waals surface area contributed by atoms with Crippen molar-refractivity contribution in [1.82, 2.24) is 4.98 Å². The molecule has 0 radical (unpaired) electrons. The fourth-order valence-corrected chi connectivity index (χ4v) is 1.37. The number of hydrogen-bond acceptors (Lipinski definition) is 4. The topological polar surface area (TPSA) is 76.2 Å². The Bertz CT molecular complexity index is 383. The van der Waals surface area contributed by atoms with Crippen LogP contribution in [-0.4, -0.2) is 22.0 Å². The Morgan fingerprint density at radius 1 is 1.56 bits per heavy atom. The van der Waals surface area contributed by atoms with E-state index in [1.54, 1.807) is 18.3 Å². The lowest BCUT2D eigenvalue weighted by atomic mass is 9.85. The fourth-order valence-electron chi connectivity index (χ4n) is 1.37. The summed E-state index contributed by atoms with van der Waals surface area (Å²) in [6.45, 7) is 5.46. The van der Waals surface area contributed by atoms with Gasteiger partial charge >= 0.3 is 0 Å². The van der Waals surface area contributed by atoms with E-state index in [0.29, 0.717) is 11.4 Å². The number of anilines is 1. The second-order valence-corrected chi connectivity index (χ2v) is 4.96. The number of ketones is 1. The third-order valence-corrected chi connectivity index (χ3v) is 2.42. The van der Waals surface area contributed by atoms with Crippen molar-refractivity contribution in [2.45, 2.75) is 33.3 Å². The van der Waals surface area contributed by atoms with E-state index in [1.807, 2.05) is 20.8 Å². The first-order valence-electron chi connectivity index (χ1n) is 5.22. The van der Waals surface area contributed by atoms with E-state index in [2.05, 4.69) is 4.98 Å². The Balaban J connectivity index is 2.76. The van der Waals surface area contributed by atoms with Gasteiger partial charge in [0.25, 0.3) is 0 Å². The van der Waals surface area contributed by atoms with Gasteiger partial charge in [-0.3, -0.25) is 4.79 Å². The number of carbonyl (C=O) groups is 1. The van der Waals surface area contributed by atoms with Gasteiger partial charge in [-0.15, -0.1) is 0 Å². The molecule has 0 spiro atoms. The van der Waals surface area contributed by atoms with Gasteiger partial charge in [-0.2, -0.15) is 0 Å². The van der Waals surface area contributed by atoms with Crippen molar-refractivity contribution in [2.75, 3.05) is 5.73 Å². The van der Waals surface area contributed by atoms with Crippen LogP contribution in [0.15, 0.2) is 18.3 Å². The lowest BCUT2D eigenvalue weighted by Crippen LogP contribution is -2.35. The molecule has 0 bridgehead atoms. The lowest BCUT2D eigenvalue weighted by Gasteiger charge is -2.24. The summed E-state index contributed by atoms with van der Waals surface area (Å²) in [5.41, 5.74) is 5.85. The minimum absolute atomic E-state index is 0.123. The first-order chi connectivity index (χ1) is 7.32. The zero-order valence-electron chi connectivity index (χ0n) is 9.90. The van der Waals surface area contributed by atoms with Crippen LogP contribution in [0.25, 0.3) is 0 Å². The maximum Gasteiger partial charge on any atom is 0.166 e. The van der Waals surface area contributed by atoms with Gasteiger partial charge < -0.3 is 10.8 Å². The largest absolute Gasteiger partial charge is 0.385 e. The van der Waals surface area contributed by atoms with Crippen molar-refractivity contribution in [2.24, 2.45) is 5.41 Å². The van der Waals surface area contributed by atoms with Crippen LogP contribution in [-0.2, 0) is 11.2 Å². The predicted octanol–water partition coefficient (Wildman–Crippen LogP) is 1.18. The van der Waals surface area contributed by atoms with Crippen LogP contribution in [0.5, 0.6) is 0 Å². The molecule has 1 rings (SSSR count). The summed E-state index contributed by atoms with van der Waals surface area (Å²) in [7, 11) is 0. The lowest BCUT2D eigenvalue weighted by molar-refractivity contribution is -0.131. The summed E-state index contributed by atoms with van der Waals surface area (Å²) in [5.74, 6) is 0.115. The predicted molar refractivity (Wildman–Crippen MR) is 62.8 cm³/mol. The molecular formula is C12H18N2O2. The fraction of sp³-hybridized carbons (Fsp3) is 0.500. The van der Waals surface area contributed by atoms with Gasteiger partial charge in [-0.05, 0) is 11.5 Å². The quantitative estimate of drug-likeness (QED) is 0.805. The molecule has 1 aromatic rings. The Labute approximate surface area is 95.5 Å². The van der Waals surface area contributed by atoms with Gasteiger partial charge in [-0.1, -0.05) is 26.8 Å². The third kappa shape index (κ3) is 3.03. The number of aromatic nitrogens is 1. The van der Waals surface area contributed by atoms with Crippen LogP contribution in [0.1, 0.15) is 26.3 Å². The van der Waals surface area contributed by atoms with Gasteiger partial charge in [0.15, 0.2) is 5.78 Å². The van der Waals surface area contributed by atoms with Crippen LogP contribution >= 0.6 is 0 Å². The number of carbonyl (C=O) groups excluding carboxylic acids is 1. The van der Waals surface area contributed by atoms with E-state index >= 15 is 0 Å². The number of rotatable bonds is 3. The number of pyridine rings is 1. The van der Waals surface area contributed by atoms with Gasteiger partial charge in [0.05, 0.1) is 0 Å². The molecule has 4 nitrogen and oxygen atoms in total. The molecule has 0 aliphatic heterocycles. The molecule has 0 fully saturated rings. The summed E-state index contributed by atoms with van der Waals surface area (Å²) < 4.78 is 0. The molecule has 1 heterocycles. The zero-order valence-corrected chi connectivity index (χ0v) is 9.90. The van der Waals surface area contributed by atoms with Crippen LogP contribution in [0.4, 0.5) is 5.82 Å². The molecule has 4 heteroatoms. The molecule has 3 N–H and O–H groups in total. The maximum absolute atomic E-state index is 11.8. The van der Waals surface area contributed by atoms with E-state index in [1.165, 1.54) is 0 Å². The second-order valence-electron chi connectivity index (χ2n) is 4.96. The molecular weight excluding hydrogens is 204 g/mol. The minimum Gasteiger partial charge on any atom is -0.385 e. The van der Waals surface area contributed by atoms with Crippen LogP contribution in [0.3, 0.4) is 0 Å². The van der Waals surface area contributed by atoms with Gasteiger partial charge in [0, 0.05) is 18.2 Å². The zero-order chi connectivity index (χ0) is 12.3. The van der Waals surface area contributed by atoms with Crippen LogP contribution < -0.4 is 5.73 Å². The minimum atomic E-state index is -0.980. The van der Waals surface area contributed by atoms with Gasteiger partial charge in [-0.25, -0.2) is 4.98 Å². The van der Waals surface area contributed by atoms with Crippen LogP contribution in [0, 0.1) is 5.41 Å². The number of aliphatic hydroxyl groups excluding tert-OH is 1. The SMILES string of the molecule is CC(C)(C)C(O)C(=O)Cc1cccnc1N. The molecule has 0 aliphatic carbocycles. The Morgan fingerprint density at radius 2 is 2.19 bits per heavy atom. The first kappa shape index (κ1) is 12.6. The Morgan fingerprint density at radius 3 is 2.69 bits per heavy atom. The van der Waals surface area contributed by atoms with E-state index in [-0.39, 0.29) is 12.2 Å². The van der Waals surface area contributed by atoms with Crippen molar-refractivity contribution >= 4 is 11.6 Å². The summed E-state index contributed by atoms with van der Waals surface area (Å²) in [6.07, 6.45) is 0.717. The maximum atomic E-state index is 11.8. The highest BCUT2D eigenvalue weighted by molar-refractivity contribution is 5.86. The summed E-state index contributed by atoms with van der Waals surface area (Å²) >= 11 is 0. The molecule has 1 unspecified atom stereocenters. The molecule has 0 amide bonds. The van der Waals surface area contributed by atoms with Gasteiger partial charge in [0.2, 0.25) is 0 Å². The number of nitrogens with two attached hydrogens (primary N) is 1. The standard InChI is InChI=1S/C12H18N2O2/c1-12(2,3)10(16)9(15)7-8-5-4-6-14-11(8)13/h4-6,10,16H,7H2,1-3H3,(H2,13,14). The van der Waals surface area contributed by atoms with Gasteiger partial charge in [0.1, 0.15) is 11.9 Å². The normalized spacial score (nSPS) is 13.5. The molecule has 1 atom stereocenters. The van der Waals surface area contributed by atoms with E-state index < -0.39 is 11.5 Å². The highest BCUT2D eigenvalue weighted by Crippen LogP contribution is 2.21.